The average molecular weight is 251 g/mol. The topological polar surface area (TPSA) is 62.6 Å². The number of aromatic nitrogens is 1. The quantitative estimate of drug-likeness (QED) is 0.793. The van der Waals surface area contributed by atoms with Gasteiger partial charge in [0.05, 0.1) is 0 Å². The van der Waals surface area contributed by atoms with E-state index >= 15 is 0 Å². The Morgan fingerprint density at radius 1 is 1.06 bits per heavy atom. The molecular formula is C11H8BF2NO3. The van der Waals surface area contributed by atoms with Crippen LogP contribution in [0.5, 0.6) is 11.6 Å². The molecule has 2 N–H and O–H groups in total. The molecular weight excluding hydrogens is 243 g/mol. The van der Waals surface area contributed by atoms with Gasteiger partial charge in [-0.2, -0.15) is 4.39 Å². The summed E-state index contributed by atoms with van der Waals surface area (Å²) in [5.74, 6) is -2.94. The fraction of sp³-hybridized carbons (Fsp3) is 0. The summed E-state index contributed by atoms with van der Waals surface area (Å²) in [4.78, 5) is 3.79. The summed E-state index contributed by atoms with van der Waals surface area (Å²) in [6, 6.07) is 6.88. The Balaban J connectivity index is 2.33. The second-order valence-electron chi connectivity index (χ2n) is 3.42. The van der Waals surface area contributed by atoms with Crippen LogP contribution in [0.25, 0.3) is 0 Å². The summed E-state index contributed by atoms with van der Waals surface area (Å²) in [6.07, 6.45) is 1.44. The Morgan fingerprint density at radius 2 is 1.83 bits per heavy atom. The maximum atomic E-state index is 13.6. The minimum absolute atomic E-state index is 0.105. The first kappa shape index (κ1) is 12.5. The van der Waals surface area contributed by atoms with Crippen LogP contribution >= 0.6 is 0 Å². The van der Waals surface area contributed by atoms with Gasteiger partial charge in [-0.3, -0.25) is 0 Å². The number of halogens is 2. The maximum Gasteiger partial charge on any atom is 0.491 e. The Morgan fingerprint density at radius 3 is 2.44 bits per heavy atom. The van der Waals surface area contributed by atoms with Crippen molar-refractivity contribution in [1.29, 1.82) is 0 Å². The molecule has 7 heteroatoms. The largest absolute Gasteiger partial charge is 0.491 e. The van der Waals surface area contributed by atoms with Gasteiger partial charge in [0.15, 0.2) is 11.6 Å². The Hall–Kier alpha value is -1.99. The van der Waals surface area contributed by atoms with Gasteiger partial charge in [0.1, 0.15) is 0 Å². The monoisotopic (exact) mass is 251 g/mol. The lowest BCUT2D eigenvalue weighted by Gasteiger charge is -2.08. The highest BCUT2D eigenvalue weighted by atomic mass is 19.2. The first-order valence-electron chi connectivity index (χ1n) is 5.02. The third-order valence-electron chi connectivity index (χ3n) is 2.21. The van der Waals surface area contributed by atoms with Gasteiger partial charge in [0, 0.05) is 17.7 Å². The summed E-state index contributed by atoms with van der Waals surface area (Å²) >= 11 is 0. The van der Waals surface area contributed by atoms with E-state index < -0.39 is 24.2 Å². The molecule has 0 fully saturated rings. The second kappa shape index (κ2) is 5.11. The molecule has 1 heterocycles. The molecule has 0 aliphatic carbocycles. The molecule has 2 aromatic rings. The Bertz CT molecular complexity index is 551. The van der Waals surface area contributed by atoms with Crippen LogP contribution in [-0.4, -0.2) is 22.2 Å². The van der Waals surface area contributed by atoms with E-state index in [4.69, 9.17) is 14.8 Å². The van der Waals surface area contributed by atoms with E-state index in [1.54, 1.807) is 12.1 Å². The van der Waals surface area contributed by atoms with Gasteiger partial charge in [0.25, 0.3) is 0 Å². The number of pyridine rings is 1. The van der Waals surface area contributed by atoms with Crippen molar-refractivity contribution in [2.24, 2.45) is 0 Å². The molecule has 0 radical (unpaired) electrons. The van der Waals surface area contributed by atoms with Crippen LogP contribution in [0.15, 0.2) is 36.5 Å². The SMILES string of the molecule is OB(O)c1ccc(Oc2ccccn2)c(F)c1F. The zero-order valence-electron chi connectivity index (χ0n) is 9.05. The minimum Gasteiger partial charge on any atom is -0.436 e. The summed E-state index contributed by atoms with van der Waals surface area (Å²) in [5.41, 5.74) is -0.555. The predicted molar refractivity (Wildman–Crippen MR) is 60.5 cm³/mol. The van der Waals surface area contributed by atoms with Crippen molar-refractivity contribution in [3.05, 3.63) is 48.2 Å². The van der Waals surface area contributed by atoms with Gasteiger partial charge in [-0.05, 0) is 12.1 Å². The average Bonchev–Trinajstić information content (AvgIpc) is 2.36. The third kappa shape index (κ3) is 2.47. The highest BCUT2D eigenvalue weighted by molar-refractivity contribution is 6.58. The van der Waals surface area contributed by atoms with Crippen LogP contribution in [0.1, 0.15) is 0 Å². The van der Waals surface area contributed by atoms with Crippen LogP contribution in [-0.2, 0) is 0 Å². The summed E-state index contributed by atoms with van der Waals surface area (Å²) in [7, 11) is -2.08. The number of benzene rings is 1. The van der Waals surface area contributed by atoms with E-state index in [1.807, 2.05) is 0 Å². The number of hydrogen-bond acceptors (Lipinski definition) is 4. The number of ether oxygens (including phenoxy) is 1. The van der Waals surface area contributed by atoms with Crippen LogP contribution in [0.2, 0.25) is 0 Å². The standard InChI is InChI=1S/C11H8BF2NO3/c13-10-7(12(16)17)4-5-8(11(10)14)18-9-3-1-2-6-15-9/h1-6,16-17H. The van der Waals surface area contributed by atoms with Crippen molar-refractivity contribution in [3.8, 4) is 11.6 Å². The number of rotatable bonds is 3. The van der Waals surface area contributed by atoms with E-state index in [2.05, 4.69) is 4.98 Å². The smallest absolute Gasteiger partial charge is 0.436 e. The van der Waals surface area contributed by atoms with E-state index in [0.29, 0.717) is 0 Å². The van der Waals surface area contributed by atoms with Crippen molar-refractivity contribution >= 4 is 12.6 Å². The van der Waals surface area contributed by atoms with Gasteiger partial charge in [0.2, 0.25) is 11.7 Å². The highest BCUT2D eigenvalue weighted by Gasteiger charge is 2.22. The van der Waals surface area contributed by atoms with E-state index in [-0.39, 0.29) is 11.6 Å². The fourth-order valence-electron chi connectivity index (χ4n) is 1.35. The molecule has 0 aliphatic rings. The van der Waals surface area contributed by atoms with E-state index in [0.717, 1.165) is 12.1 Å². The Kier molecular flexibility index (Phi) is 3.54. The predicted octanol–water partition coefficient (Wildman–Crippen LogP) is 0.832. The summed E-state index contributed by atoms with van der Waals surface area (Å²) < 4.78 is 32.0. The number of nitrogens with zero attached hydrogens (tertiary/aromatic N) is 1. The molecule has 18 heavy (non-hydrogen) atoms. The van der Waals surface area contributed by atoms with Crippen molar-refractivity contribution in [1.82, 2.24) is 4.98 Å². The first-order chi connectivity index (χ1) is 8.59. The molecule has 0 saturated heterocycles. The van der Waals surface area contributed by atoms with Crippen LogP contribution in [0.4, 0.5) is 8.78 Å². The minimum atomic E-state index is -2.08. The Labute approximate surface area is 102 Å². The summed E-state index contributed by atoms with van der Waals surface area (Å²) in [6.45, 7) is 0. The van der Waals surface area contributed by atoms with Gasteiger partial charge in [-0.15, -0.1) is 0 Å². The lowest BCUT2D eigenvalue weighted by Crippen LogP contribution is -2.33. The molecule has 0 bridgehead atoms. The zero-order chi connectivity index (χ0) is 13.1. The van der Waals surface area contributed by atoms with E-state index in [1.165, 1.54) is 12.3 Å². The molecule has 1 aromatic heterocycles. The zero-order valence-corrected chi connectivity index (χ0v) is 9.05. The van der Waals surface area contributed by atoms with Crippen molar-refractivity contribution < 1.29 is 23.6 Å². The van der Waals surface area contributed by atoms with Crippen molar-refractivity contribution in [2.45, 2.75) is 0 Å². The molecule has 2 rings (SSSR count). The first-order valence-corrected chi connectivity index (χ1v) is 5.02. The molecule has 92 valence electrons. The van der Waals surface area contributed by atoms with Gasteiger partial charge >= 0.3 is 7.12 Å². The normalized spacial score (nSPS) is 10.2. The molecule has 0 unspecified atom stereocenters. The third-order valence-corrected chi connectivity index (χ3v) is 2.21. The second-order valence-corrected chi connectivity index (χ2v) is 3.42. The van der Waals surface area contributed by atoms with Crippen LogP contribution in [0, 0.1) is 11.6 Å². The highest BCUT2D eigenvalue weighted by Crippen LogP contribution is 2.23. The van der Waals surface area contributed by atoms with Gasteiger partial charge in [-0.1, -0.05) is 12.1 Å². The molecule has 0 amide bonds. The summed E-state index contributed by atoms with van der Waals surface area (Å²) in [5, 5.41) is 17.6. The lowest BCUT2D eigenvalue weighted by atomic mass is 9.80. The van der Waals surface area contributed by atoms with Crippen molar-refractivity contribution in [2.75, 3.05) is 0 Å². The lowest BCUT2D eigenvalue weighted by molar-refractivity contribution is 0.400. The van der Waals surface area contributed by atoms with Crippen LogP contribution in [0.3, 0.4) is 0 Å². The molecule has 0 spiro atoms. The van der Waals surface area contributed by atoms with Crippen molar-refractivity contribution in [3.63, 3.8) is 0 Å². The van der Waals surface area contributed by atoms with Gasteiger partial charge in [-0.25, -0.2) is 9.37 Å². The molecule has 0 atom stereocenters. The molecule has 0 aliphatic heterocycles. The van der Waals surface area contributed by atoms with Gasteiger partial charge < -0.3 is 14.8 Å². The molecule has 4 nitrogen and oxygen atoms in total. The molecule has 0 saturated carbocycles. The molecule has 1 aromatic carbocycles. The fourth-order valence-corrected chi connectivity index (χ4v) is 1.35. The van der Waals surface area contributed by atoms with E-state index in [9.17, 15) is 8.78 Å². The number of hydrogen-bond donors (Lipinski definition) is 2. The van der Waals surface area contributed by atoms with Crippen LogP contribution < -0.4 is 10.2 Å². The maximum absolute atomic E-state index is 13.6.